The molecule has 5 rings (SSSR count). The van der Waals surface area contributed by atoms with Crippen molar-refractivity contribution in [2.24, 2.45) is 5.41 Å². The van der Waals surface area contributed by atoms with Gasteiger partial charge in [0.2, 0.25) is 0 Å². The van der Waals surface area contributed by atoms with Gasteiger partial charge in [-0.25, -0.2) is 0 Å². The van der Waals surface area contributed by atoms with E-state index in [4.69, 9.17) is 23.2 Å². The maximum Gasteiger partial charge on any atom is 0.185 e. The second-order valence-corrected chi connectivity index (χ2v) is 9.05. The molecule has 0 spiro atoms. The Morgan fingerprint density at radius 3 is 2.30 bits per heavy atom. The Labute approximate surface area is 201 Å². The maximum atomic E-state index is 13.9. The fraction of sp³-hybridized carbons (Fsp3) is 0.148. The molecule has 0 aliphatic carbocycles. The first kappa shape index (κ1) is 21.3. The van der Waals surface area contributed by atoms with E-state index in [0.717, 1.165) is 11.1 Å². The van der Waals surface area contributed by atoms with E-state index in [1.165, 1.54) is 0 Å². The van der Waals surface area contributed by atoms with E-state index in [9.17, 15) is 15.3 Å². The Kier molecular flexibility index (Phi) is 5.22. The molecule has 6 heteroatoms. The maximum absolute atomic E-state index is 13.9. The summed E-state index contributed by atoms with van der Waals surface area (Å²) >= 11 is 12.8. The summed E-state index contributed by atoms with van der Waals surface area (Å²) in [6.45, 7) is 0. The van der Waals surface area contributed by atoms with E-state index in [2.05, 4.69) is 12.1 Å². The van der Waals surface area contributed by atoms with Gasteiger partial charge in [0.1, 0.15) is 6.04 Å². The molecule has 0 saturated carbocycles. The van der Waals surface area contributed by atoms with Crippen LogP contribution in [0.25, 0.3) is 6.08 Å². The Morgan fingerprint density at radius 2 is 1.61 bits per heavy atom. The highest BCUT2D eigenvalue weighted by Crippen LogP contribution is 2.60. The molecular formula is C27H17Cl2N3O. The largest absolute Gasteiger partial charge is 0.357 e. The number of carbonyl (C=O) groups is 1. The zero-order chi connectivity index (χ0) is 23.2. The number of Topliss-reactive ketones (excluding diaryl/α,β-unsaturated/α-hetero) is 1. The van der Waals surface area contributed by atoms with Gasteiger partial charge in [0.15, 0.2) is 11.2 Å². The topological polar surface area (TPSA) is 67.9 Å². The highest BCUT2D eigenvalue weighted by molar-refractivity contribution is 6.35. The number of carbonyl (C=O) groups excluding carboxylic acids is 1. The summed E-state index contributed by atoms with van der Waals surface area (Å²) in [5, 5.41) is 21.8. The zero-order valence-electron chi connectivity index (χ0n) is 17.3. The highest BCUT2D eigenvalue weighted by atomic mass is 35.5. The van der Waals surface area contributed by atoms with Crippen LogP contribution < -0.4 is 0 Å². The predicted molar refractivity (Wildman–Crippen MR) is 127 cm³/mol. The van der Waals surface area contributed by atoms with Gasteiger partial charge >= 0.3 is 0 Å². The van der Waals surface area contributed by atoms with Gasteiger partial charge in [0, 0.05) is 27.7 Å². The quantitative estimate of drug-likeness (QED) is 0.415. The molecule has 1 fully saturated rings. The third kappa shape index (κ3) is 3.15. The molecule has 0 radical (unpaired) electrons. The molecule has 1 saturated heterocycles. The van der Waals surface area contributed by atoms with E-state index in [1.807, 2.05) is 47.5 Å². The van der Waals surface area contributed by atoms with Crippen LogP contribution in [0.15, 0.2) is 79.0 Å². The second-order valence-electron chi connectivity index (χ2n) is 8.21. The van der Waals surface area contributed by atoms with Gasteiger partial charge in [-0.3, -0.25) is 4.79 Å². The summed E-state index contributed by atoms with van der Waals surface area (Å²) in [6, 6.07) is 24.7. The first-order chi connectivity index (χ1) is 16.0. The third-order valence-corrected chi connectivity index (χ3v) is 7.13. The van der Waals surface area contributed by atoms with Crippen molar-refractivity contribution in [3.05, 3.63) is 111 Å². The van der Waals surface area contributed by atoms with Crippen molar-refractivity contribution in [1.82, 2.24) is 4.90 Å². The van der Waals surface area contributed by atoms with Crippen LogP contribution in [0.4, 0.5) is 0 Å². The number of hydrogen-bond acceptors (Lipinski definition) is 4. The van der Waals surface area contributed by atoms with Crippen molar-refractivity contribution in [2.45, 2.75) is 18.0 Å². The minimum absolute atomic E-state index is 0.173. The number of fused-ring (bicyclic) bond motifs is 3. The van der Waals surface area contributed by atoms with E-state index >= 15 is 0 Å². The molecule has 0 bridgehead atoms. The molecule has 3 atom stereocenters. The molecule has 3 aromatic carbocycles. The number of rotatable bonds is 3. The van der Waals surface area contributed by atoms with Crippen molar-refractivity contribution < 1.29 is 4.79 Å². The average molecular weight is 470 g/mol. The van der Waals surface area contributed by atoms with Crippen LogP contribution in [-0.2, 0) is 0 Å². The van der Waals surface area contributed by atoms with Crippen molar-refractivity contribution in [1.29, 1.82) is 10.5 Å². The number of ketones is 1. The van der Waals surface area contributed by atoms with E-state index in [0.29, 0.717) is 21.2 Å². The number of hydrogen-bond donors (Lipinski definition) is 0. The van der Waals surface area contributed by atoms with Crippen LogP contribution in [0.5, 0.6) is 0 Å². The monoisotopic (exact) mass is 469 g/mol. The summed E-state index contributed by atoms with van der Waals surface area (Å²) in [5.74, 6) is -0.973. The van der Waals surface area contributed by atoms with Crippen LogP contribution in [0, 0.1) is 28.1 Å². The fourth-order valence-electron chi connectivity index (χ4n) is 5.17. The first-order valence-electron chi connectivity index (χ1n) is 10.4. The number of nitriles is 2. The number of benzene rings is 3. The lowest BCUT2D eigenvalue weighted by molar-refractivity contribution is 0.0875. The molecule has 33 heavy (non-hydrogen) atoms. The minimum atomic E-state index is -1.56. The van der Waals surface area contributed by atoms with Crippen molar-refractivity contribution in [2.75, 3.05) is 0 Å². The Bertz CT molecular complexity index is 1360. The fourth-order valence-corrected chi connectivity index (χ4v) is 5.69. The van der Waals surface area contributed by atoms with E-state index in [1.54, 1.807) is 42.5 Å². The lowest BCUT2D eigenvalue weighted by atomic mass is 9.67. The van der Waals surface area contributed by atoms with E-state index in [-0.39, 0.29) is 5.78 Å². The van der Waals surface area contributed by atoms with Gasteiger partial charge in [-0.2, -0.15) is 10.5 Å². The van der Waals surface area contributed by atoms with Gasteiger partial charge in [0.05, 0.1) is 18.2 Å². The van der Waals surface area contributed by atoms with Gasteiger partial charge in [0.25, 0.3) is 0 Å². The minimum Gasteiger partial charge on any atom is -0.357 e. The highest BCUT2D eigenvalue weighted by Gasteiger charge is 2.64. The average Bonchev–Trinajstić information content (AvgIpc) is 3.15. The SMILES string of the molecule is N#CC1(C#N)[C@@H]2c3ccccc3C=CN2[C@@H](C(=O)c2ccccc2)[C@@H]1c1ccc(Cl)cc1Cl. The molecule has 4 nitrogen and oxygen atoms in total. The lowest BCUT2D eigenvalue weighted by Gasteiger charge is -2.34. The predicted octanol–water partition coefficient (Wildman–Crippen LogP) is 6.40. The zero-order valence-corrected chi connectivity index (χ0v) is 18.8. The van der Waals surface area contributed by atoms with Crippen molar-refractivity contribution in [3.63, 3.8) is 0 Å². The number of halogens is 2. The van der Waals surface area contributed by atoms with Gasteiger partial charge < -0.3 is 4.90 Å². The summed E-state index contributed by atoms with van der Waals surface area (Å²) in [4.78, 5) is 15.8. The Morgan fingerprint density at radius 1 is 0.909 bits per heavy atom. The summed E-state index contributed by atoms with van der Waals surface area (Å²) in [6.07, 6.45) is 3.74. The summed E-state index contributed by atoms with van der Waals surface area (Å²) < 4.78 is 0. The van der Waals surface area contributed by atoms with Crippen LogP contribution in [0.2, 0.25) is 10.0 Å². The molecule has 0 aromatic heterocycles. The van der Waals surface area contributed by atoms with Crippen molar-refractivity contribution in [3.8, 4) is 12.1 Å². The molecular weight excluding hydrogens is 453 g/mol. The van der Waals surface area contributed by atoms with Crippen LogP contribution in [-0.4, -0.2) is 16.7 Å². The Balaban J connectivity index is 1.80. The molecule has 2 heterocycles. The normalized spacial score (nSPS) is 22.1. The summed E-state index contributed by atoms with van der Waals surface area (Å²) in [5.41, 5.74) is 1.26. The lowest BCUT2D eigenvalue weighted by Crippen LogP contribution is -2.37. The molecule has 2 aliphatic rings. The van der Waals surface area contributed by atoms with Gasteiger partial charge in [-0.1, -0.05) is 83.9 Å². The third-order valence-electron chi connectivity index (χ3n) is 6.57. The molecule has 160 valence electrons. The second kappa shape index (κ2) is 8.09. The Hall–Kier alpha value is -3.57. The molecule has 0 N–H and O–H groups in total. The smallest absolute Gasteiger partial charge is 0.185 e. The standard InChI is InChI=1S/C27H17Cl2N3O/c28-19-10-11-21(22(29)14-19)23-24(25(33)18-7-2-1-3-8-18)32-13-12-17-6-4-5-9-20(17)26(32)27(23,15-30)16-31/h1-14,23-24,26H/t23-,24+,26-/m0/s1. The van der Waals surface area contributed by atoms with Crippen LogP contribution in [0.1, 0.15) is 39.0 Å². The first-order valence-corrected chi connectivity index (χ1v) is 11.2. The van der Waals surface area contributed by atoms with Crippen molar-refractivity contribution >= 4 is 35.1 Å². The molecule has 3 aromatic rings. The summed E-state index contributed by atoms with van der Waals surface area (Å²) in [7, 11) is 0. The van der Waals surface area contributed by atoms with Crippen LogP contribution >= 0.6 is 23.2 Å². The van der Waals surface area contributed by atoms with Gasteiger partial charge in [-0.05, 0) is 34.9 Å². The molecule has 0 amide bonds. The number of nitrogens with zero attached hydrogens (tertiary/aromatic N) is 3. The molecule has 2 aliphatic heterocycles. The van der Waals surface area contributed by atoms with E-state index < -0.39 is 23.4 Å². The van der Waals surface area contributed by atoms with Gasteiger partial charge in [-0.15, -0.1) is 0 Å². The van der Waals surface area contributed by atoms with Crippen LogP contribution in [0.3, 0.4) is 0 Å². The molecule has 0 unspecified atom stereocenters.